The van der Waals surface area contributed by atoms with Crippen LogP contribution in [0.5, 0.6) is 11.5 Å². The summed E-state index contributed by atoms with van der Waals surface area (Å²) in [4.78, 5) is 37.4. The lowest BCUT2D eigenvalue weighted by atomic mass is 10.1. The van der Waals surface area contributed by atoms with Gasteiger partial charge in [-0.2, -0.15) is 0 Å². The number of carbonyl (C=O) groups is 3. The van der Waals surface area contributed by atoms with Crippen LogP contribution in [0.4, 0.5) is 0 Å². The molecule has 1 unspecified atom stereocenters. The van der Waals surface area contributed by atoms with Crippen LogP contribution in [0, 0.1) is 0 Å². The van der Waals surface area contributed by atoms with Crippen LogP contribution in [0.1, 0.15) is 25.3 Å². The van der Waals surface area contributed by atoms with Gasteiger partial charge in [-0.3, -0.25) is 14.4 Å². The van der Waals surface area contributed by atoms with Crippen molar-refractivity contribution in [3.8, 4) is 11.5 Å². The third-order valence-corrected chi connectivity index (χ3v) is 4.13. The second-order valence-corrected chi connectivity index (χ2v) is 5.79. The highest BCUT2D eigenvalue weighted by Gasteiger charge is 2.36. The van der Waals surface area contributed by atoms with Crippen molar-refractivity contribution < 1.29 is 28.6 Å². The van der Waals surface area contributed by atoms with Crippen LogP contribution < -0.4 is 14.8 Å². The van der Waals surface area contributed by atoms with Gasteiger partial charge >= 0.3 is 5.97 Å². The second-order valence-electron chi connectivity index (χ2n) is 5.79. The number of hydrogen-bond donors (Lipinski definition) is 1. The number of benzene rings is 1. The molecule has 1 atom stereocenters. The number of esters is 1. The van der Waals surface area contributed by atoms with E-state index in [9.17, 15) is 14.4 Å². The highest BCUT2D eigenvalue weighted by atomic mass is 16.7. The molecule has 0 radical (unpaired) electrons. The molecule has 2 aliphatic heterocycles. The molecule has 0 aliphatic carbocycles. The van der Waals surface area contributed by atoms with Gasteiger partial charge in [0.15, 0.2) is 11.5 Å². The molecule has 0 bridgehead atoms. The molecule has 2 aliphatic rings. The molecular formula is C17H20N2O6. The van der Waals surface area contributed by atoms with Gasteiger partial charge in [0.05, 0.1) is 6.61 Å². The monoisotopic (exact) mass is 348 g/mol. The summed E-state index contributed by atoms with van der Waals surface area (Å²) in [6.45, 7) is 2.23. The molecule has 1 N–H and O–H groups in total. The number of nitrogens with one attached hydrogen (secondary N) is 1. The van der Waals surface area contributed by atoms with E-state index in [1.165, 1.54) is 4.90 Å². The first-order chi connectivity index (χ1) is 12.1. The summed E-state index contributed by atoms with van der Waals surface area (Å²) in [5, 5.41) is 2.54. The van der Waals surface area contributed by atoms with Gasteiger partial charge in [-0.1, -0.05) is 6.07 Å². The SMILES string of the molecule is CCOC(=O)CNC(=O)C1CCC(=O)N1Cc1ccc2c(c1)OCO2. The van der Waals surface area contributed by atoms with E-state index in [0.29, 0.717) is 30.9 Å². The fourth-order valence-corrected chi connectivity index (χ4v) is 2.93. The van der Waals surface area contributed by atoms with Crippen LogP contribution in [0.3, 0.4) is 0 Å². The molecule has 1 aromatic carbocycles. The van der Waals surface area contributed by atoms with E-state index in [1.807, 2.05) is 12.1 Å². The molecule has 0 aromatic heterocycles. The first-order valence-corrected chi connectivity index (χ1v) is 8.20. The summed E-state index contributed by atoms with van der Waals surface area (Å²) in [5.74, 6) is 0.365. The van der Waals surface area contributed by atoms with Gasteiger partial charge in [-0.25, -0.2) is 0 Å². The van der Waals surface area contributed by atoms with Crippen molar-refractivity contribution in [2.45, 2.75) is 32.4 Å². The van der Waals surface area contributed by atoms with Crippen LogP contribution >= 0.6 is 0 Å². The first-order valence-electron chi connectivity index (χ1n) is 8.20. The topological polar surface area (TPSA) is 94.2 Å². The zero-order valence-corrected chi connectivity index (χ0v) is 13.9. The summed E-state index contributed by atoms with van der Waals surface area (Å²) in [6.07, 6.45) is 0.736. The van der Waals surface area contributed by atoms with E-state index in [-0.39, 0.29) is 31.8 Å². The van der Waals surface area contributed by atoms with Crippen LogP contribution in [0.15, 0.2) is 18.2 Å². The molecule has 25 heavy (non-hydrogen) atoms. The van der Waals surface area contributed by atoms with Gasteiger partial charge in [0.2, 0.25) is 18.6 Å². The van der Waals surface area contributed by atoms with Crippen molar-refractivity contribution in [2.75, 3.05) is 19.9 Å². The van der Waals surface area contributed by atoms with E-state index in [1.54, 1.807) is 13.0 Å². The van der Waals surface area contributed by atoms with Crippen molar-refractivity contribution >= 4 is 17.8 Å². The Morgan fingerprint density at radius 1 is 1.32 bits per heavy atom. The van der Waals surface area contributed by atoms with Gasteiger partial charge in [-0.15, -0.1) is 0 Å². The predicted octanol–water partition coefficient (Wildman–Crippen LogP) is 0.586. The highest BCUT2D eigenvalue weighted by Crippen LogP contribution is 2.33. The van der Waals surface area contributed by atoms with E-state index in [0.717, 1.165) is 5.56 Å². The summed E-state index contributed by atoms with van der Waals surface area (Å²) < 4.78 is 15.4. The van der Waals surface area contributed by atoms with Gasteiger partial charge in [0.25, 0.3) is 0 Å². The van der Waals surface area contributed by atoms with Gasteiger partial charge in [0, 0.05) is 13.0 Å². The minimum atomic E-state index is -0.590. The molecule has 1 saturated heterocycles. The Bertz CT molecular complexity index is 690. The van der Waals surface area contributed by atoms with Gasteiger partial charge < -0.3 is 24.4 Å². The lowest BCUT2D eigenvalue weighted by molar-refractivity contribution is -0.144. The van der Waals surface area contributed by atoms with Crippen LogP contribution in [0.2, 0.25) is 0 Å². The van der Waals surface area contributed by atoms with Crippen molar-refractivity contribution in [3.63, 3.8) is 0 Å². The molecule has 8 heteroatoms. The Balaban J connectivity index is 1.63. The lowest BCUT2D eigenvalue weighted by Gasteiger charge is -2.24. The van der Waals surface area contributed by atoms with E-state index in [4.69, 9.17) is 14.2 Å². The number of hydrogen-bond acceptors (Lipinski definition) is 6. The minimum Gasteiger partial charge on any atom is -0.465 e. The summed E-state index contributed by atoms with van der Waals surface area (Å²) >= 11 is 0. The number of likely N-dealkylation sites (tertiary alicyclic amines) is 1. The van der Waals surface area contributed by atoms with Crippen LogP contribution in [-0.2, 0) is 25.7 Å². The maximum Gasteiger partial charge on any atom is 0.325 e. The van der Waals surface area contributed by atoms with E-state index >= 15 is 0 Å². The largest absolute Gasteiger partial charge is 0.465 e. The number of ether oxygens (including phenoxy) is 3. The Hall–Kier alpha value is -2.77. The van der Waals surface area contributed by atoms with E-state index < -0.39 is 12.0 Å². The number of nitrogens with zero attached hydrogens (tertiary/aromatic N) is 1. The quantitative estimate of drug-likeness (QED) is 0.756. The summed E-state index contributed by atoms with van der Waals surface area (Å²) in [5.41, 5.74) is 0.850. The Morgan fingerprint density at radius 2 is 2.12 bits per heavy atom. The fraction of sp³-hybridized carbons (Fsp3) is 0.471. The maximum atomic E-state index is 12.3. The van der Waals surface area contributed by atoms with Crippen molar-refractivity contribution in [1.82, 2.24) is 10.2 Å². The molecule has 1 aromatic rings. The molecule has 134 valence electrons. The molecule has 2 heterocycles. The Kier molecular flexibility index (Phi) is 5.06. The van der Waals surface area contributed by atoms with Gasteiger partial charge in [-0.05, 0) is 31.0 Å². The zero-order valence-electron chi connectivity index (χ0n) is 13.9. The lowest BCUT2D eigenvalue weighted by Crippen LogP contribution is -2.45. The number of rotatable bonds is 6. The molecule has 0 saturated carbocycles. The highest BCUT2D eigenvalue weighted by molar-refractivity contribution is 5.92. The number of fused-ring (bicyclic) bond motifs is 1. The molecule has 2 amide bonds. The summed E-state index contributed by atoms with van der Waals surface area (Å²) in [6, 6.07) is 4.84. The van der Waals surface area contributed by atoms with Gasteiger partial charge in [0.1, 0.15) is 12.6 Å². The minimum absolute atomic E-state index is 0.0889. The standard InChI is InChI=1S/C17H20N2O6/c1-2-23-16(21)8-18-17(22)12-4-6-15(20)19(12)9-11-3-5-13-14(7-11)25-10-24-13/h3,5,7,12H,2,4,6,8-10H2,1H3,(H,18,22). The Morgan fingerprint density at radius 3 is 2.92 bits per heavy atom. The third-order valence-electron chi connectivity index (χ3n) is 4.13. The maximum absolute atomic E-state index is 12.3. The van der Waals surface area contributed by atoms with Crippen LogP contribution in [0.25, 0.3) is 0 Å². The predicted molar refractivity (Wildman–Crippen MR) is 85.8 cm³/mol. The van der Waals surface area contributed by atoms with E-state index in [2.05, 4.69) is 5.32 Å². The summed E-state index contributed by atoms with van der Waals surface area (Å²) in [7, 11) is 0. The molecule has 0 spiro atoms. The van der Waals surface area contributed by atoms with Crippen molar-refractivity contribution in [3.05, 3.63) is 23.8 Å². The number of amides is 2. The third kappa shape index (κ3) is 3.84. The van der Waals surface area contributed by atoms with Crippen molar-refractivity contribution in [1.29, 1.82) is 0 Å². The zero-order chi connectivity index (χ0) is 17.8. The Labute approximate surface area is 145 Å². The first kappa shape index (κ1) is 17.1. The molecule has 3 rings (SSSR count). The normalized spacial score (nSPS) is 18.4. The fourth-order valence-electron chi connectivity index (χ4n) is 2.93. The average molecular weight is 348 g/mol. The second kappa shape index (κ2) is 7.42. The molecule has 1 fully saturated rings. The smallest absolute Gasteiger partial charge is 0.325 e. The van der Waals surface area contributed by atoms with Crippen molar-refractivity contribution in [2.24, 2.45) is 0 Å². The number of carbonyl (C=O) groups excluding carboxylic acids is 3. The molecular weight excluding hydrogens is 328 g/mol. The molecule has 8 nitrogen and oxygen atoms in total. The average Bonchev–Trinajstić information content (AvgIpc) is 3.20. The van der Waals surface area contributed by atoms with Crippen LogP contribution in [-0.4, -0.2) is 48.7 Å².